The Kier molecular flexibility index (Phi) is 38.2. The summed E-state index contributed by atoms with van der Waals surface area (Å²) in [6.45, 7) is 7.09. The molecule has 0 saturated heterocycles. The van der Waals surface area contributed by atoms with E-state index in [1.807, 2.05) is 0 Å². The number of ketones is 1. The standard InChI is InChI=1S/2C14H31N.C5H6O5/c2*1-4-5-6-7-8-9-10-11-12-13-14-15(2)3;6-3(5(9)10)1-2-4(7)8/h2*4-14H2,1-3H3;1-2H2,(H,7,8)(H,9,10). The summed E-state index contributed by atoms with van der Waals surface area (Å²) >= 11 is 0. The van der Waals surface area contributed by atoms with Gasteiger partial charge in [-0.25, -0.2) is 4.79 Å². The summed E-state index contributed by atoms with van der Waals surface area (Å²) in [6, 6.07) is 0. The van der Waals surface area contributed by atoms with Crippen LogP contribution >= 0.6 is 0 Å². The second kappa shape index (κ2) is 35.6. The van der Waals surface area contributed by atoms with Gasteiger partial charge in [-0.05, 0) is 54.1 Å². The number of unbranched alkanes of at least 4 members (excludes halogenated alkanes) is 18. The van der Waals surface area contributed by atoms with Gasteiger partial charge < -0.3 is 20.0 Å². The molecule has 0 saturated carbocycles. The van der Waals surface area contributed by atoms with Crippen LogP contribution in [0, 0.1) is 0 Å². The van der Waals surface area contributed by atoms with Gasteiger partial charge >= 0.3 is 11.9 Å². The van der Waals surface area contributed by atoms with Crippen molar-refractivity contribution in [2.24, 2.45) is 0 Å². The van der Waals surface area contributed by atoms with Gasteiger partial charge in [0.2, 0.25) is 5.78 Å². The maximum absolute atomic E-state index is 10.2. The van der Waals surface area contributed by atoms with Gasteiger partial charge in [0.25, 0.3) is 0 Å². The fourth-order valence-corrected chi connectivity index (χ4v) is 4.16. The maximum Gasteiger partial charge on any atom is 0.372 e. The first kappa shape index (κ1) is 43.0. The Bertz CT molecular complexity index is 525. The molecule has 0 heterocycles. The minimum atomic E-state index is -1.58. The molecule has 0 aliphatic carbocycles. The van der Waals surface area contributed by atoms with Crippen molar-refractivity contribution in [1.82, 2.24) is 9.80 Å². The molecule has 0 bridgehead atoms. The fourth-order valence-electron chi connectivity index (χ4n) is 4.16. The van der Waals surface area contributed by atoms with E-state index in [2.05, 4.69) is 51.8 Å². The third-order valence-electron chi connectivity index (χ3n) is 6.72. The van der Waals surface area contributed by atoms with Crippen LogP contribution in [0.2, 0.25) is 0 Å². The molecule has 7 heteroatoms. The third kappa shape index (κ3) is 46.4. The summed E-state index contributed by atoms with van der Waals surface area (Å²) in [5, 5.41) is 16.0. The minimum absolute atomic E-state index is 0.425. The normalized spacial score (nSPS) is 10.6. The topological polar surface area (TPSA) is 98.2 Å². The molecule has 0 spiro atoms. The molecular formula is C33H68N2O5. The SMILES string of the molecule is CCCCCCCCCCCCN(C)C.CCCCCCCCCCCCN(C)C.O=C(O)CCC(=O)C(=O)O. The van der Waals surface area contributed by atoms with Crippen LogP contribution in [0.3, 0.4) is 0 Å². The average Bonchev–Trinajstić information content (AvgIpc) is 2.89. The van der Waals surface area contributed by atoms with Crippen molar-refractivity contribution in [2.75, 3.05) is 41.3 Å². The van der Waals surface area contributed by atoms with E-state index in [9.17, 15) is 14.4 Å². The van der Waals surface area contributed by atoms with E-state index in [-0.39, 0.29) is 0 Å². The summed E-state index contributed by atoms with van der Waals surface area (Å²) in [6.07, 6.45) is 27.8. The fraction of sp³-hybridized carbons (Fsp3) is 0.909. The molecule has 7 nitrogen and oxygen atoms in total. The Hall–Kier alpha value is -1.47. The summed E-state index contributed by atoms with van der Waals surface area (Å²) < 4.78 is 0. The van der Waals surface area contributed by atoms with Gasteiger partial charge in [-0.2, -0.15) is 0 Å². The zero-order valence-corrected chi connectivity index (χ0v) is 27.5. The molecule has 40 heavy (non-hydrogen) atoms. The molecule has 0 aromatic carbocycles. The number of hydrogen-bond donors (Lipinski definition) is 2. The second-order valence-electron chi connectivity index (χ2n) is 11.6. The zero-order valence-electron chi connectivity index (χ0n) is 27.5. The number of carboxylic acids is 2. The quantitative estimate of drug-likeness (QED) is 0.0792. The van der Waals surface area contributed by atoms with E-state index in [4.69, 9.17) is 10.2 Å². The largest absolute Gasteiger partial charge is 0.481 e. The van der Waals surface area contributed by atoms with Gasteiger partial charge in [0, 0.05) is 6.42 Å². The van der Waals surface area contributed by atoms with E-state index in [1.165, 1.54) is 142 Å². The molecular weight excluding hydrogens is 504 g/mol. The Morgan fingerprint density at radius 3 is 0.950 bits per heavy atom. The van der Waals surface area contributed by atoms with Crippen molar-refractivity contribution in [2.45, 2.75) is 155 Å². The summed E-state index contributed by atoms with van der Waals surface area (Å²) in [4.78, 5) is 34.3. The van der Waals surface area contributed by atoms with Crippen molar-refractivity contribution in [3.05, 3.63) is 0 Å². The number of carbonyl (C=O) groups is 3. The molecule has 0 aliphatic heterocycles. The highest BCUT2D eigenvalue weighted by Gasteiger charge is 2.12. The van der Waals surface area contributed by atoms with Gasteiger partial charge in [0.1, 0.15) is 0 Å². The highest BCUT2D eigenvalue weighted by Crippen LogP contribution is 2.11. The Labute approximate surface area is 248 Å². The molecule has 0 aromatic heterocycles. The minimum Gasteiger partial charge on any atom is -0.481 e. The molecule has 240 valence electrons. The molecule has 0 unspecified atom stereocenters. The Balaban J connectivity index is -0.000000525. The molecule has 2 N–H and O–H groups in total. The average molecular weight is 573 g/mol. The lowest BCUT2D eigenvalue weighted by Crippen LogP contribution is -2.13. The smallest absolute Gasteiger partial charge is 0.372 e. The van der Waals surface area contributed by atoms with Gasteiger partial charge in [0.05, 0.1) is 6.42 Å². The zero-order chi connectivity index (χ0) is 30.9. The molecule has 0 radical (unpaired) electrons. The van der Waals surface area contributed by atoms with Crippen LogP contribution in [-0.2, 0) is 14.4 Å². The lowest BCUT2D eigenvalue weighted by atomic mass is 10.1. The maximum atomic E-state index is 10.2. The number of aliphatic carboxylic acids is 2. The van der Waals surface area contributed by atoms with Crippen LogP contribution in [0.1, 0.15) is 155 Å². The van der Waals surface area contributed by atoms with Crippen molar-refractivity contribution in [3.8, 4) is 0 Å². The number of carboxylic acid groups (broad SMARTS) is 2. The first-order chi connectivity index (χ1) is 19.1. The molecule has 0 aliphatic rings. The summed E-state index contributed by atoms with van der Waals surface area (Å²) in [5.74, 6) is -3.82. The van der Waals surface area contributed by atoms with Crippen LogP contribution < -0.4 is 0 Å². The van der Waals surface area contributed by atoms with E-state index in [0.29, 0.717) is 0 Å². The molecule has 0 atom stereocenters. The number of nitrogens with zero attached hydrogens (tertiary/aromatic N) is 2. The van der Waals surface area contributed by atoms with Crippen molar-refractivity contribution >= 4 is 17.7 Å². The monoisotopic (exact) mass is 573 g/mol. The van der Waals surface area contributed by atoms with Crippen LogP contribution in [0.15, 0.2) is 0 Å². The highest BCUT2D eigenvalue weighted by molar-refractivity contribution is 6.32. The summed E-state index contributed by atoms with van der Waals surface area (Å²) in [5.41, 5.74) is 0. The van der Waals surface area contributed by atoms with E-state index in [1.54, 1.807) is 0 Å². The lowest BCUT2D eigenvalue weighted by molar-refractivity contribution is -0.149. The molecule has 0 fully saturated rings. The first-order valence-corrected chi connectivity index (χ1v) is 16.4. The Morgan fingerprint density at radius 2 is 0.725 bits per heavy atom. The predicted molar refractivity (Wildman–Crippen MR) is 170 cm³/mol. The third-order valence-corrected chi connectivity index (χ3v) is 6.72. The lowest BCUT2D eigenvalue weighted by Gasteiger charge is -2.08. The number of rotatable bonds is 26. The van der Waals surface area contributed by atoms with Crippen LogP contribution in [-0.4, -0.2) is 79.0 Å². The van der Waals surface area contributed by atoms with Gasteiger partial charge in [-0.3, -0.25) is 9.59 Å². The molecule has 0 rings (SSSR count). The van der Waals surface area contributed by atoms with Crippen molar-refractivity contribution in [1.29, 1.82) is 0 Å². The predicted octanol–water partition coefficient (Wildman–Crippen LogP) is 8.44. The van der Waals surface area contributed by atoms with Crippen LogP contribution in [0.25, 0.3) is 0 Å². The number of carbonyl (C=O) groups excluding carboxylic acids is 1. The first-order valence-electron chi connectivity index (χ1n) is 16.4. The molecule has 0 aromatic rings. The van der Waals surface area contributed by atoms with E-state index in [0.717, 1.165) is 0 Å². The van der Waals surface area contributed by atoms with E-state index >= 15 is 0 Å². The number of Topliss-reactive ketones (excluding diaryl/α,β-unsaturated/α-hetero) is 1. The van der Waals surface area contributed by atoms with Crippen LogP contribution in [0.5, 0.6) is 0 Å². The van der Waals surface area contributed by atoms with Crippen LogP contribution in [0.4, 0.5) is 0 Å². The number of hydrogen-bond acceptors (Lipinski definition) is 5. The van der Waals surface area contributed by atoms with Crippen molar-refractivity contribution < 1.29 is 24.6 Å². The second-order valence-corrected chi connectivity index (χ2v) is 11.6. The van der Waals surface area contributed by atoms with Gasteiger partial charge in [-0.1, -0.05) is 129 Å². The highest BCUT2D eigenvalue weighted by atomic mass is 16.4. The Morgan fingerprint density at radius 1 is 0.450 bits per heavy atom. The van der Waals surface area contributed by atoms with Gasteiger partial charge in [0.15, 0.2) is 0 Å². The van der Waals surface area contributed by atoms with Gasteiger partial charge in [-0.15, -0.1) is 0 Å². The van der Waals surface area contributed by atoms with E-state index < -0.39 is 30.6 Å². The molecule has 0 amide bonds. The van der Waals surface area contributed by atoms with Crippen molar-refractivity contribution in [3.63, 3.8) is 0 Å². The summed E-state index contributed by atoms with van der Waals surface area (Å²) in [7, 11) is 8.64.